The predicted molar refractivity (Wildman–Crippen MR) is 68.9 cm³/mol. The molecule has 0 amide bonds. The first-order chi connectivity index (χ1) is 8.79. The van der Waals surface area contributed by atoms with E-state index in [-0.39, 0.29) is 12.0 Å². The molecular formula is C12H17N3O2S. The van der Waals surface area contributed by atoms with Crippen LogP contribution in [0.3, 0.4) is 0 Å². The molecule has 1 atom stereocenters. The summed E-state index contributed by atoms with van der Waals surface area (Å²) in [6, 6.07) is -0.177. The molecule has 0 spiro atoms. The Morgan fingerprint density at radius 2 is 2.22 bits per heavy atom. The van der Waals surface area contributed by atoms with Crippen LogP contribution in [-0.2, 0) is 9.53 Å². The van der Waals surface area contributed by atoms with Crippen molar-refractivity contribution < 1.29 is 9.53 Å². The molecule has 98 valence electrons. The summed E-state index contributed by atoms with van der Waals surface area (Å²) in [5, 5.41) is 0.881. The summed E-state index contributed by atoms with van der Waals surface area (Å²) in [4.78, 5) is 18.5. The van der Waals surface area contributed by atoms with E-state index in [4.69, 9.17) is 4.74 Å². The SMILES string of the molecule is COC(=O)C1CCCCN1c1nc(C2CC2)ns1. The minimum Gasteiger partial charge on any atom is -0.467 e. The van der Waals surface area contributed by atoms with Gasteiger partial charge in [0.15, 0.2) is 0 Å². The van der Waals surface area contributed by atoms with Gasteiger partial charge >= 0.3 is 5.97 Å². The third-order valence-corrected chi connectivity index (χ3v) is 4.36. The zero-order valence-corrected chi connectivity index (χ0v) is 11.3. The van der Waals surface area contributed by atoms with Gasteiger partial charge in [0.2, 0.25) is 5.13 Å². The van der Waals surface area contributed by atoms with Gasteiger partial charge in [0.05, 0.1) is 7.11 Å². The highest BCUT2D eigenvalue weighted by Gasteiger charge is 2.33. The second kappa shape index (κ2) is 4.84. The van der Waals surface area contributed by atoms with E-state index >= 15 is 0 Å². The molecule has 0 N–H and O–H groups in total. The van der Waals surface area contributed by atoms with Crippen molar-refractivity contribution in [2.75, 3.05) is 18.6 Å². The van der Waals surface area contributed by atoms with Gasteiger partial charge in [-0.1, -0.05) is 0 Å². The number of aromatic nitrogens is 2. The fourth-order valence-electron chi connectivity index (χ4n) is 2.39. The summed E-state index contributed by atoms with van der Waals surface area (Å²) in [6.07, 6.45) is 5.44. The molecule has 0 bridgehead atoms. The summed E-state index contributed by atoms with van der Waals surface area (Å²) in [5.74, 6) is 1.37. The van der Waals surface area contributed by atoms with Crippen molar-refractivity contribution in [2.45, 2.75) is 44.1 Å². The minimum atomic E-state index is -0.177. The minimum absolute atomic E-state index is 0.155. The van der Waals surface area contributed by atoms with Crippen LogP contribution >= 0.6 is 11.5 Å². The maximum absolute atomic E-state index is 11.8. The summed E-state index contributed by atoms with van der Waals surface area (Å²) in [5.41, 5.74) is 0. The van der Waals surface area contributed by atoms with Gasteiger partial charge < -0.3 is 9.64 Å². The number of carbonyl (C=O) groups is 1. The number of hydrogen-bond donors (Lipinski definition) is 0. The molecule has 1 saturated heterocycles. The first-order valence-corrected chi connectivity index (χ1v) is 7.25. The average molecular weight is 267 g/mol. The van der Waals surface area contributed by atoms with E-state index in [1.165, 1.54) is 31.5 Å². The van der Waals surface area contributed by atoms with Crippen molar-refractivity contribution in [3.63, 3.8) is 0 Å². The summed E-state index contributed by atoms with van der Waals surface area (Å²) in [6.45, 7) is 0.874. The molecule has 1 unspecified atom stereocenters. The number of piperidine rings is 1. The van der Waals surface area contributed by atoms with E-state index in [0.29, 0.717) is 5.92 Å². The monoisotopic (exact) mass is 267 g/mol. The van der Waals surface area contributed by atoms with Crippen LogP contribution in [0.25, 0.3) is 0 Å². The number of ether oxygens (including phenoxy) is 1. The zero-order chi connectivity index (χ0) is 12.5. The highest BCUT2D eigenvalue weighted by molar-refractivity contribution is 7.09. The maximum Gasteiger partial charge on any atom is 0.328 e. The van der Waals surface area contributed by atoms with Gasteiger partial charge in [-0.25, -0.2) is 9.78 Å². The molecule has 1 aliphatic heterocycles. The number of hydrogen-bond acceptors (Lipinski definition) is 6. The van der Waals surface area contributed by atoms with Crippen LogP contribution in [0.1, 0.15) is 43.8 Å². The van der Waals surface area contributed by atoms with Crippen LogP contribution in [-0.4, -0.2) is 35.0 Å². The molecule has 6 heteroatoms. The van der Waals surface area contributed by atoms with Gasteiger partial charge in [0.1, 0.15) is 11.9 Å². The normalized spacial score (nSPS) is 24.1. The third kappa shape index (κ3) is 2.21. The van der Waals surface area contributed by atoms with Crippen molar-refractivity contribution in [2.24, 2.45) is 0 Å². The number of nitrogens with zero attached hydrogens (tertiary/aromatic N) is 3. The van der Waals surface area contributed by atoms with Gasteiger partial charge in [-0.3, -0.25) is 0 Å². The van der Waals surface area contributed by atoms with E-state index in [1.54, 1.807) is 0 Å². The second-order valence-corrected chi connectivity index (χ2v) is 5.67. The van der Waals surface area contributed by atoms with Gasteiger partial charge in [0, 0.05) is 24.0 Å². The van der Waals surface area contributed by atoms with Crippen LogP contribution < -0.4 is 4.90 Å². The summed E-state index contributed by atoms with van der Waals surface area (Å²) >= 11 is 1.41. The van der Waals surface area contributed by atoms with Crippen molar-refractivity contribution in [3.8, 4) is 0 Å². The molecular weight excluding hydrogens is 250 g/mol. The number of anilines is 1. The second-order valence-electron chi connectivity index (χ2n) is 4.94. The van der Waals surface area contributed by atoms with Gasteiger partial charge in [-0.2, -0.15) is 4.37 Å². The molecule has 0 radical (unpaired) electrons. The van der Waals surface area contributed by atoms with Crippen LogP contribution in [0.2, 0.25) is 0 Å². The van der Waals surface area contributed by atoms with Crippen LogP contribution in [0, 0.1) is 0 Å². The highest BCUT2D eigenvalue weighted by Crippen LogP contribution is 2.40. The van der Waals surface area contributed by atoms with Crippen molar-refractivity contribution in [1.82, 2.24) is 9.36 Å². The molecule has 1 saturated carbocycles. The lowest BCUT2D eigenvalue weighted by Crippen LogP contribution is -2.45. The van der Waals surface area contributed by atoms with Crippen molar-refractivity contribution in [1.29, 1.82) is 0 Å². The quantitative estimate of drug-likeness (QED) is 0.783. The van der Waals surface area contributed by atoms with Gasteiger partial charge in [-0.05, 0) is 32.1 Å². The van der Waals surface area contributed by atoms with Crippen molar-refractivity contribution >= 4 is 22.6 Å². The Balaban J connectivity index is 1.79. The Morgan fingerprint density at radius 3 is 2.94 bits per heavy atom. The average Bonchev–Trinajstić information content (AvgIpc) is 3.16. The van der Waals surface area contributed by atoms with Crippen LogP contribution in [0.15, 0.2) is 0 Å². The maximum atomic E-state index is 11.8. The molecule has 0 aromatic carbocycles. The summed E-state index contributed by atoms with van der Waals surface area (Å²) in [7, 11) is 1.45. The first-order valence-electron chi connectivity index (χ1n) is 6.47. The number of carbonyl (C=O) groups excluding carboxylic acids is 1. The van der Waals surface area contributed by atoms with Gasteiger partial charge in [-0.15, -0.1) is 0 Å². The molecule has 2 heterocycles. The first kappa shape index (κ1) is 11.9. The smallest absolute Gasteiger partial charge is 0.328 e. The fourth-order valence-corrected chi connectivity index (χ4v) is 3.21. The highest BCUT2D eigenvalue weighted by atomic mass is 32.1. The molecule has 1 aromatic heterocycles. The Bertz CT molecular complexity index is 444. The molecule has 1 aromatic rings. The van der Waals surface area contributed by atoms with E-state index in [0.717, 1.165) is 36.8 Å². The Hall–Kier alpha value is -1.17. The van der Waals surface area contributed by atoms with E-state index in [2.05, 4.69) is 14.3 Å². The fraction of sp³-hybridized carbons (Fsp3) is 0.750. The molecule has 1 aliphatic carbocycles. The van der Waals surface area contributed by atoms with E-state index < -0.39 is 0 Å². The standard InChI is InChI=1S/C12H17N3O2S/c1-17-11(16)9-4-2-3-7-15(9)12-13-10(14-18-12)8-5-6-8/h8-9H,2-7H2,1H3. The Labute approximate surface area is 110 Å². The lowest BCUT2D eigenvalue weighted by Gasteiger charge is -2.33. The molecule has 18 heavy (non-hydrogen) atoms. The van der Waals surface area contributed by atoms with E-state index in [1.807, 2.05) is 0 Å². The predicted octanol–water partition coefficient (Wildman–Crippen LogP) is 1.95. The number of methoxy groups -OCH3 is 1. The number of rotatable bonds is 3. The van der Waals surface area contributed by atoms with E-state index in [9.17, 15) is 4.79 Å². The van der Waals surface area contributed by atoms with Crippen LogP contribution in [0.5, 0.6) is 0 Å². The topological polar surface area (TPSA) is 55.3 Å². The van der Waals surface area contributed by atoms with Gasteiger partial charge in [0.25, 0.3) is 0 Å². The lowest BCUT2D eigenvalue weighted by molar-refractivity contribution is -0.142. The molecule has 2 aliphatic rings. The summed E-state index contributed by atoms with van der Waals surface area (Å²) < 4.78 is 9.29. The van der Waals surface area contributed by atoms with Crippen LogP contribution in [0.4, 0.5) is 5.13 Å². The third-order valence-electron chi connectivity index (χ3n) is 3.60. The lowest BCUT2D eigenvalue weighted by atomic mass is 10.0. The largest absolute Gasteiger partial charge is 0.467 e. The zero-order valence-electron chi connectivity index (χ0n) is 10.5. The molecule has 3 rings (SSSR count). The Morgan fingerprint density at radius 1 is 1.39 bits per heavy atom. The van der Waals surface area contributed by atoms with Crippen molar-refractivity contribution in [3.05, 3.63) is 5.82 Å². The Kier molecular flexibility index (Phi) is 3.20. The molecule has 2 fully saturated rings. The molecule has 5 nitrogen and oxygen atoms in total. The number of esters is 1.